The van der Waals surface area contributed by atoms with Crippen LogP contribution >= 0.6 is 0 Å². The van der Waals surface area contributed by atoms with E-state index in [4.69, 9.17) is 0 Å². The lowest BCUT2D eigenvalue weighted by atomic mass is 10.2. The molecule has 0 aromatic carbocycles. The van der Waals surface area contributed by atoms with Gasteiger partial charge in [0.2, 0.25) is 6.29 Å². The quantitative estimate of drug-likeness (QED) is 0.397. The molecule has 0 bridgehead atoms. The molecule has 0 aliphatic rings. The van der Waals surface area contributed by atoms with Gasteiger partial charge in [-0.25, -0.2) is 0 Å². The van der Waals surface area contributed by atoms with Crippen LogP contribution in [0.3, 0.4) is 0 Å². The molecule has 8 heavy (non-hydrogen) atoms. The molecule has 0 saturated carbocycles. The van der Waals surface area contributed by atoms with Crippen LogP contribution in [0.2, 0.25) is 0 Å². The van der Waals surface area contributed by atoms with Crippen LogP contribution < -0.4 is 0 Å². The maximum absolute atomic E-state index is 9.88. The fourth-order valence-corrected chi connectivity index (χ4v) is 0.374. The van der Waals surface area contributed by atoms with Crippen LogP contribution in [0.1, 0.15) is 13.3 Å². The normalized spacial score (nSPS) is 10.9. The Labute approximate surface area is 49.7 Å². The predicted octanol–water partition coefficient (Wildman–Crippen LogP) is 1.62. The molecule has 0 N–H and O–H groups in total. The second-order valence-electron chi connectivity index (χ2n) is 1.41. The van der Waals surface area contributed by atoms with E-state index in [1.54, 1.807) is 18.4 Å². The third-order valence-electron chi connectivity index (χ3n) is 0.844. The van der Waals surface area contributed by atoms with Crippen molar-refractivity contribution in [3.63, 3.8) is 0 Å². The highest BCUT2D eigenvalue weighted by molar-refractivity contribution is 5.74. The molecule has 43 valence electrons. The molecule has 1 nitrogen and oxygen atoms in total. The van der Waals surface area contributed by atoms with E-state index in [0.717, 1.165) is 0 Å². The minimum absolute atomic E-state index is 0.625. The van der Waals surface area contributed by atoms with Crippen molar-refractivity contribution in [2.45, 2.75) is 13.3 Å². The van der Waals surface area contributed by atoms with Crippen molar-refractivity contribution < 1.29 is 4.79 Å². The van der Waals surface area contributed by atoms with Crippen molar-refractivity contribution in [1.82, 2.24) is 0 Å². The lowest BCUT2D eigenvalue weighted by Crippen LogP contribution is -1.78. The summed E-state index contributed by atoms with van der Waals surface area (Å²) in [6.45, 7) is 5.29. The average Bonchev–Trinajstić information content (AvgIpc) is 1.83. The number of allylic oxidation sites excluding steroid dienone is 3. The fourth-order valence-electron chi connectivity index (χ4n) is 0.374. The molecule has 0 aromatic heterocycles. The monoisotopic (exact) mass is 109 g/mol. The Morgan fingerprint density at radius 2 is 2.50 bits per heavy atom. The smallest absolute Gasteiger partial charge is 0.229 e. The van der Waals surface area contributed by atoms with Crippen LogP contribution in [-0.2, 0) is 4.79 Å². The van der Waals surface area contributed by atoms with Crippen LogP contribution in [0.4, 0.5) is 0 Å². The van der Waals surface area contributed by atoms with Crippen LogP contribution in [0, 0.1) is 0 Å². The molecule has 0 aromatic rings. The molecule has 0 amide bonds. The summed E-state index contributed by atoms with van der Waals surface area (Å²) in [5.74, 6) is 0. The first kappa shape index (κ1) is 7.15. The van der Waals surface area contributed by atoms with Gasteiger partial charge in [-0.15, -0.1) is 6.58 Å². The maximum Gasteiger partial charge on any atom is 0.229 e. The Bertz CT molecular complexity index is 112. The molecule has 1 radical (unpaired) electrons. The van der Waals surface area contributed by atoms with Gasteiger partial charge in [0.1, 0.15) is 0 Å². The lowest BCUT2D eigenvalue weighted by molar-refractivity contribution is 0.561. The van der Waals surface area contributed by atoms with E-state index in [1.807, 2.05) is 6.92 Å². The summed E-state index contributed by atoms with van der Waals surface area (Å²) in [5, 5.41) is 0. The third kappa shape index (κ3) is 2.35. The Hall–Kier alpha value is -0.850. The summed E-state index contributed by atoms with van der Waals surface area (Å²) >= 11 is 0. The number of rotatable bonds is 3. The molecule has 0 spiro atoms. The second-order valence-corrected chi connectivity index (χ2v) is 1.41. The Kier molecular flexibility index (Phi) is 3.85. The van der Waals surface area contributed by atoms with Crippen LogP contribution in [0.15, 0.2) is 24.3 Å². The van der Waals surface area contributed by atoms with Crippen LogP contribution in [0.5, 0.6) is 0 Å². The van der Waals surface area contributed by atoms with Gasteiger partial charge in [0.25, 0.3) is 0 Å². The van der Waals surface area contributed by atoms with E-state index in [2.05, 4.69) is 6.58 Å². The van der Waals surface area contributed by atoms with Gasteiger partial charge in [-0.1, -0.05) is 12.2 Å². The first-order valence-electron chi connectivity index (χ1n) is 2.49. The lowest BCUT2D eigenvalue weighted by Gasteiger charge is -1.84. The first-order chi connectivity index (χ1) is 3.85. The predicted molar refractivity (Wildman–Crippen MR) is 34.3 cm³/mol. The Morgan fingerprint density at radius 3 is 2.62 bits per heavy atom. The Morgan fingerprint density at radius 1 is 1.88 bits per heavy atom. The van der Waals surface area contributed by atoms with E-state index < -0.39 is 0 Å². The first-order valence-corrected chi connectivity index (χ1v) is 2.49. The summed E-state index contributed by atoms with van der Waals surface area (Å²) in [7, 11) is 0. The second kappa shape index (κ2) is 4.31. The van der Waals surface area contributed by atoms with Crippen molar-refractivity contribution in [2.24, 2.45) is 0 Å². The minimum atomic E-state index is 0.625. The molecular formula is C7H9O. The zero-order valence-electron chi connectivity index (χ0n) is 4.98. The molecule has 0 aliphatic carbocycles. The van der Waals surface area contributed by atoms with Gasteiger partial charge < -0.3 is 0 Å². The van der Waals surface area contributed by atoms with E-state index in [1.165, 1.54) is 0 Å². The van der Waals surface area contributed by atoms with Gasteiger partial charge in [0.15, 0.2) is 0 Å². The highest BCUT2D eigenvalue weighted by Crippen LogP contribution is 1.95. The van der Waals surface area contributed by atoms with E-state index >= 15 is 0 Å². The molecule has 0 rings (SSSR count). The van der Waals surface area contributed by atoms with Crippen molar-refractivity contribution >= 4 is 6.29 Å². The molecule has 0 atom stereocenters. The van der Waals surface area contributed by atoms with Gasteiger partial charge in [-0.05, 0) is 13.3 Å². The standard InChI is InChI=1S/C7H9O/c1-3-5-7(4-2)6-8/h3-4H,1,5H2,2H3/b7-4+. The summed E-state index contributed by atoms with van der Waals surface area (Å²) in [5.41, 5.74) is 0.667. The summed E-state index contributed by atoms with van der Waals surface area (Å²) in [4.78, 5) is 9.88. The molecule has 0 saturated heterocycles. The minimum Gasteiger partial charge on any atom is -0.285 e. The maximum atomic E-state index is 9.88. The largest absolute Gasteiger partial charge is 0.285 e. The third-order valence-corrected chi connectivity index (χ3v) is 0.844. The summed E-state index contributed by atoms with van der Waals surface area (Å²) in [6, 6.07) is 0. The fraction of sp³-hybridized carbons (Fsp3) is 0.286. The van der Waals surface area contributed by atoms with E-state index in [0.29, 0.717) is 12.0 Å². The van der Waals surface area contributed by atoms with Gasteiger partial charge in [-0.3, -0.25) is 4.79 Å². The highest BCUT2D eigenvalue weighted by Gasteiger charge is 1.86. The number of hydrogen-bond donors (Lipinski definition) is 0. The molecule has 0 heterocycles. The Balaban J connectivity index is 3.71. The molecule has 0 unspecified atom stereocenters. The van der Waals surface area contributed by atoms with Gasteiger partial charge in [0, 0.05) is 5.57 Å². The topological polar surface area (TPSA) is 17.1 Å². The SMILES string of the molecule is C=CC/C([C]=O)=C\C. The summed E-state index contributed by atoms with van der Waals surface area (Å²) in [6.07, 6.45) is 5.83. The molecular weight excluding hydrogens is 100 g/mol. The van der Waals surface area contributed by atoms with Crippen molar-refractivity contribution in [1.29, 1.82) is 0 Å². The highest BCUT2D eigenvalue weighted by atomic mass is 16.1. The van der Waals surface area contributed by atoms with Gasteiger partial charge in [-0.2, -0.15) is 0 Å². The molecule has 1 heteroatoms. The molecule has 0 aliphatic heterocycles. The van der Waals surface area contributed by atoms with Crippen LogP contribution in [-0.4, -0.2) is 6.29 Å². The van der Waals surface area contributed by atoms with E-state index in [9.17, 15) is 4.79 Å². The van der Waals surface area contributed by atoms with Crippen molar-refractivity contribution in [3.05, 3.63) is 24.3 Å². The molecule has 0 fully saturated rings. The van der Waals surface area contributed by atoms with E-state index in [-0.39, 0.29) is 0 Å². The zero-order valence-corrected chi connectivity index (χ0v) is 4.98. The van der Waals surface area contributed by atoms with Gasteiger partial charge >= 0.3 is 0 Å². The van der Waals surface area contributed by atoms with Crippen LogP contribution in [0.25, 0.3) is 0 Å². The number of carbonyl (C=O) groups excluding carboxylic acids is 1. The van der Waals surface area contributed by atoms with Crippen molar-refractivity contribution in [3.8, 4) is 0 Å². The average molecular weight is 109 g/mol. The van der Waals surface area contributed by atoms with Crippen molar-refractivity contribution in [2.75, 3.05) is 0 Å². The summed E-state index contributed by atoms with van der Waals surface area (Å²) < 4.78 is 0. The number of hydrogen-bond acceptors (Lipinski definition) is 1. The zero-order chi connectivity index (χ0) is 6.41. The van der Waals surface area contributed by atoms with Gasteiger partial charge in [0.05, 0.1) is 0 Å².